The van der Waals surface area contributed by atoms with Crippen LogP contribution < -0.4 is 16.0 Å². The van der Waals surface area contributed by atoms with Crippen molar-refractivity contribution in [2.24, 2.45) is 0 Å². The molecule has 0 fully saturated rings. The van der Waals surface area contributed by atoms with Crippen LogP contribution >= 0.6 is 0 Å². The summed E-state index contributed by atoms with van der Waals surface area (Å²) < 4.78 is 19.8. The van der Waals surface area contributed by atoms with Crippen LogP contribution in [0, 0.1) is 12.7 Å². The Morgan fingerprint density at radius 3 is 2.93 bits per heavy atom. The zero-order chi connectivity index (χ0) is 19.1. The topological polar surface area (TPSA) is 110 Å². The van der Waals surface area contributed by atoms with Gasteiger partial charge in [0.15, 0.2) is 0 Å². The van der Waals surface area contributed by atoms with Crippen LogP contribution in [0.15, 0.2) is 29.2 Å². The second-order valence-corrected chi connectivity index (χ2v) is 6.35. The predicted octanol–water partition coefficient (Wildman–Crippen LogP) is 3.28. The number of pyridine rings is 2. The maximum Gasteiger partial charge on any atom is 0.272 e. The number of fused-ring (bicyclic) bond motifs is 2. The molecule has 3 heterocycles. The Morgan fingerprint density at radius 1 is 1.33 bits per heavy atom. The van der Waals surface area contributed by atoms with Crippen molar-refractivity contribution in [1.82, 2.24) is 20.2 Å². The number of nitrogens with zero attached hydrogens (tertiary/aromatic N) is 2. The second-order valence-electron chi connectivity index (χ2n) is 6.35. The Morgan fingerprint density at radius 2 is 2.15 bits per heavy atom. The van der Waals surface area contributed by atoms with Crippen LogP contribution in [0.5, 0.6) is 5.88 Å². The molecule has 1 aromatic carbocycles. The fourth-order valence-electron chi connectivity index (χ4n) is 3.15. The lowest BCUT2D eigenvalue weighted by molar-refractivity contribution is 0.304. The van der Waals surface area contributed by atoms with Gasteiger partial charge in [0.1, 0.15) is 22.5 Å². The van der Waals surface area contributed by atoms with Crippen LogP contribution in [0.25, 0.3) is 33.1 Å². The van der Waals surface area contributed by atoms with Gasteiger partial charge in [-0.1, -0.05) is 13.0 Å². The summed E-state index contributed by atoms with van der Waals surface area (Å²) in [6, 6.07) is 4.69. The highest BCUT2D eigenvalue weighted by molar-refractivity contribution is 6.06. The van der Waals surface area contributed by atoms with Gasteiger partial charge in [-0.3, -0.25) is 9.89 Å². The Balaban J connectivity index is 2.09. The summed E-state index contributed by atoms with van der Waals surface area (Å²) in [4.78, 5) is 19.8. The lowest BCUT2D eigenvalue weighted by atomic mass is 9.99. The molecule has 7 nitrogen and oxygen atoms in total. The molecule has 0 unspecified atom stereocenters. The van der Waals surface area contributed by atoms with Crippen LogP contribution in [0.2, 0.25) is 0 Å². The summed E-state index contributed by atoms with van der Waals surface area (Å²) in [5.74, 6) is 0.0392. The number of anilines is 1. The Kier molecular flexibility index (Phi) is 4.02. The molecule has 4 aromatic rings. The van der Waals surface area contributed by atoms with E-state index in [1.165, 1.54) is 12.3 Å². The summed E-state index contributed by atoms with van der Waals surface area (Å²) in [5, 5.41) is 7.07. The number of halogens is 1. The quantitative estimate of drug-likeness (QED) is 0.513. The average Bonchev–Trinajstić information content (AvgIpc) is 3.14. The van der Waals surface area contributed by atoms with Gasteiger partial charge < -0.3 is 15.5 Å². The molecule has 8 heteroatoms. The number of nitrogen functional groups attached to an aromatic ring is 1. The van der Waals surface area contributed by atoms with E-state index in [2.05, 4.69) is 20.2 Å². The fraction of sp³-hybridized carbons (Fsp3) is 0.211. The molecule has 0 bridgehead atoms. The van der Waals surface area contributed by atoms with E-state index < -0.39 is 11.4 Å². The van der Waals surface area contributed by atoms with Crippen molar-refractivity contribution < 1.29 is 9.13 Å². The van der Waals surface area contributed by atoms with Crippen molar-refractivity contribution in [2.75, 3.05) is 12.3 Å². The van der Waals surface area contributed by atoms with Crippen molar-refractivity contribution >= 4 is 27.6 Å². The average molecular weight is 367 g/mol. The number of nitrogens with two attached hydrogens (primary N) is 1. The van der Waals surface area contributed by atoms with E-state index in [0.29, 0.717) is 40.0 Å². The number of hydrogen-bond donors (Lipinski definition) is 3. The van der Waals surface area contributed by atoms with E-state index in [-0.39, 0.29) is 11.2 Å². The smallest absolute Gasteiger partial charge is 0.272 e. The van der Waals surface area contributed by atoms with Gasteiger partial charge in [-0.25, -0.2) is 9.37 Å². The summed E-state index contributed by atoms with van der Waals surface area (Å²) in [7, 11) is 0. The molecule has 0 atom stereocenters. The Labute approximate surface area is 153 Å². The standard InChI is InChI=1S/C19H18FN5O2/c1-3-6-27-19-9(2)7-13-17(24-19)14(15(21)18(26)23-13)10-4-5-12(20)16-11(10)8-22-25-16/h4-5,7-8H,3,6,21H2,1-2H3,(H,22,25)(H,23,26). The number of aryl methyl sites for hydroxylation is 1. The van der Waals surface area contributed by atoms with Crippen LogP contribution in [-0.2, 0) is 0 Å². The highest BCUT2D eigenvalue weighted by atomic mass is 19.1. The van der Waals surface area contributed by atoms with Crippen molar-refractivity contribution in [3.05, 3.63) is 46.1 Å². The van der Waals surface area contributed by atoms with Gasteiger partial charge in [-0.05, 0) is 31.0 Å². The summed E-state index contributed by atoms with van der Waals surface area (Å²) in [5.41, 5.74) is 8.77. The van der Waals surface area contributed by atoms with E-state index in [1.807, 2.05) is 13.8 Å². The van der Waals surface area contributed by atoms with Crippen LogP contribution in [0.3, 0.4) is 0 Å². The largest absolute Gasteiger partial charge is 0.477 e. The number of H-pyrrole nitrogens is 2. The summed E-state index contributed by atoms with van der Waals surface area (Å²) in [6.07, 6.45) is 2.34. The molecule has 0 saturated carbocycles. The third-order valence-corrected chi connectivity index (χ3v) is 4.44. The SMILES string of the molecule is CCCOc1nc2c(-c3ccc(F)c4[nH]ncc34)c(N)c(=O)[nH]c2cc1C. The lowest BCUT2D eigenvalue weighted by Gasteiger charge is -2.13. The zero-order valence-electron chi connectivity index (χ0n) is 14.9. The number of hydrogen-bond acceptors (Lipinski definition) is 5. The molecule has 4 rings (SSSR count). The van der Waals surface area contributed by atoms with Crippen molar-refractivity contribution in [3.63, 3.8) is 0 Å². The number of ether oxygens (including phenoxy) is 1. The molecular formula is C19H18FN5O2. The highest BCUT2D eigenvalue weighted by Crippen LogP contribution is 2.36. The number of nitrogens with one attached hydrogen (secondary N) is 2. The minimum Gasteiger partial charge on any atom is -0.477 e. The molecule has 4 N–H and O–H groups in total. The third kappa shape index (κ3) is 2.69. The number of aromatic amines is 2. The first-order valence-corrected chi connectivity index (χ1v) is 8.59. The molecule has 0 spiro atoms. The zero-order valence-corrected chi connectivity index (χ0v) is 14.9. The van der Waals surface area contributed by atoms with Gasteiger partial charge in [0, 0.05) is 16.5 Å². The van der Waals surface area contributed by atoms with Gasteiger partial charge in [0.2, 0.25) is 5.88 Å². The van der Waals surface area contributed by atoms with Crippen molar-refractivity contribution in [3.8, 4) is 17.0 Å². The molecule has 0 aliphatic carbocycles. The maximum absolute atomic E-state index is 14.1. The molecule has 0 amide bonds. The van der Waals surface area contributed by atoms with E-state index >= 15 is 0 Å². The summed E-state index contributed by atoms with van der Waals surface area (Å²) >= 11 is 0. The molecule has 27 heavy (non-hydrogen) atoms. The predicted molar refractivity (Wildman–Crippen MR) is 102 cm³/mol. The first-order chi connectivity index (χ1) is 13.0. The highest BCUT2D eigenvalue weighted by Gasteiger charge is 2.19. The first kappa shape index (κ1) is 17.0. The second kappa shape index (κ2) is 6.39. The summed E-state index contributed by atoms with van der Waals surface area (Å²) in [6.45, 7) is 4.39. The molecule has 0 saturated heterocycles. The third-order valence-electron chi connectivity index (χ3n) is 4.44. The van der Waals surface area contributed by atoms with Crippen LogP contribution in [0.4, 0.5) is 10.1 Å². The normalized spacial score (nSPS) is 11.4. The minimum atomic E-state index is -0.435. The monoisotopic (exact) mass is 367 g/mol. The van der Waals surface area contributed by atoms with Crippen LogP contribution in [0.1, 0.15) is 18.9 Å². The number of benzene rings is 1. The van der Waals surface area contributed by atoms with E-state index in [0.717, 1.165) is 12.0 Å². The number of rotatable bonds is 4. The maximum atomic E-state index is 14.1. The number of aromatic nitrogens is 4. The Bertz CT molecular complexity index is 1230. The molecular weight excluding hydrogens is 349 g/mol. The van der Waals surface area contributed by atoms with Gasteiger partial charge in [0.25, 0.3) is 5.56 Å². The molecule has 0 aliphatic heterocycles. The lowest BCUT2D eigenvalue weighted by Crippen LogP contribution is -2.14. The van der Waals surface area contributed by atoms with Gasteiger partial charge in [0.05, 0.1) is 18.3 Å². The van der Waals surface area contributed by atoms with Gasteiger partial charge in [-0.2, -0.15) is 5.10 Å². The minimum absolute atomic E-state index is 0.00871. The van der Waals surface area contributed by atoms with E-state index in [1.54, 1.807) is 12.1 Å². The van der Waals surface area contributed by atoms with E-state index in [4.69, 9.17) is 10.5 Å². The Hall–Kier alpha value is -3.42. The van der Waals surface area contributed by atoms with E-state index in [9.17, 15) is 9.18 Å². The molecule has 0 aliphatic rings. The van der Waals surface area contributed by atoms with Crippen LogP contribution in [-0.4, -0.2) is 26.8 Å². The van der Waals surface area contributed by atoms with Crippen molar-refractivity contribution in [2.45, 2.75) is 20.3 Å². The first-order valence-electron chi connectivity index (χ1n) is 8.59. The molecule has 3 aromatic heterocycles. The van der Waals surface area contributed by atoms with Gasteiger partial charge in [-0.15, -0.1) is 0 Å². The van der Waals surface area contributed by atoms with Crippen molar-refractivity contribution in [1.29, 1.82) is 0 Å². The molecule has 0 radical (unpaired) electrons. The van der Waals surface area contributed by atoms with Gasteiger partial charge >= 0.3 is 0 Å². The fourth-order valence-corrected chi connectivity index (χ4v) is 3.15. The molecule has 138 valence electrons.